The molecule has 0 atom stereocenters. The Labute approximate surface area is 209 Å². The highest BCUT2D eigenvalue weighted by Gasteiger charge is 2.23. The molecule has 4 heterocycles. The zero-order valence-corrected chi connectivity index (χ0v) is 20.5. The molecular weight excluding hydrogens is 460 g/mol. The molecule has 5 rings (SSSR count). The van der Waals surface area contributed by atoms with Crippen LogP contribution in [0.5, 0.6) is 0 Å². The third kappa shape index (κ3) is 4.99. The number of nitrogens with zero attached hydrogens (tertiary/aromatic N) is 5. The normalized spacial score (nSPS) is 15.5. The molecule has 1 aliphatic rings. The van der Waals surface area contributed by atoms with Crippen LogP contribution in [0.3, 0.4) is 0 Å². The average Bonchev–Trinajstić information content (AvgIpc) is 3.24. The lowest BCUT2D eigenvalue weighted by Gasteiger charge is -2.32. The van der Waals surface area contributed by atoms with E-state index in [0.29, 0.717) is 29.5 Å². The molecule has 0 bridgehead atoms. The second kappa shape index (κ2) is 10.5. The van der Waals surface area contributed by atoms with Crippen LogP contribution < -0.4 is 0 Å². The summed E-state index contributed by atoms with van der Waals surface area (Å²) >= 11 is 0. The minimum atomic E-state index is -0.933. The van der Waals surface area contributed by atoms with Gasteiger partial charge in [-0.2, -0.15) is 0 Å². The minimum absolute atomic E-state index is 0.358. The van der Waals surface area contributed by atoms with Gasteiger partial charge in [-0.05, 0) is 80.2 Å². The molecule has 0 aliphatic carbocycles. The van der Waals surface area contributed by atoms with Crippen LogP contribution in [0.15, 0.2) is 66.3 Å². The first-order valence-electron chi connectivity index (χ1n) is 12.3. The number of aromatic nitrogens is 3. The predicted octanol–water partition coefficient (Wildman–Crippen LogP) is 5.42. The van der Waals surface area contributed by atoms with Crippen molar-refractivity contribution in [1.29, 1.82) is 0 Å². The van der Waals surface area contributed by atoms with Gasteiger partial charge in [0, 0.05) is 43.1 Å². The van der Waals surface area contributed by atoms with Gasteiger partial charge in [-0.25, -0.2) is 8.78 Å². The highest BCUT2D eigenvalue weighted by atomic mass is 19.2. The van der Waals surface area contributed by atoms with Gasteiger partial charge >= 0.3 is 0 Å². The third-order valence-corrected chi connectivity index (χ3v) is 6.80. The molecule has 1 aliphatic heterocycles. The molecule has 3 aromatic heterocycles. The summed E-state index contributed by atoms with van der Waals surface area (Å²) in [7, 11) is 2.08. The molecule has 186 valence electrons. The Balaban J connectivity index is 1.25. The molecule has 36 heavy (non-hydrogen) atoms. The Morgan fingerprint density at radius 2 is 1.92 bits per heavy atom. The van der Waals surface area contributed by atoms with Crippen molar-refractivity contribution >= 4 is 16.6 Å². The standard InChI is InChI=1S/C28H29F2N5O/c1-3-36-33-28(21-5-6-24(29)25(30)14-21)26-7-4-19(15-32-26)17-35-12-9-20(10-13-35)23-18-34(2)27-16-31-11-8-22(23)27/h4-8,11,14-16,18,20H,3,9-10,12-13,17H2,1-2H3. The Hall–Kier alpha value is -3.65. The Bertz CT molecular complexity index is 1370. The maximum atomic E-state index is 13.8. The molecule has 0 amide bonds. The third-order valence-electron chi connectivity index (χ3n) is 6.80. The number of halogens is 2. The first kappa shape index (κ1) is 24.1. The minimum Gasteiger partial charge on any atom is -0.396 e. The summed E-state index contributed by atoms with van der Waals surface area (Å²) in [6.45, 7) is 5.00. The number of benzene rings is 1. The summed E-state index contributed by atoms with van der Waals surface area (Å²) in [6.07, 6.45) is 10.1. The number of hydrogen-bond acceptors (Lipinski definition) is 5. The largest absolute Gasteiger partial charge is 0.396 e. The number of rotatable bonds is 7. The number of piperidine rings is 1. The number of likely N-dealkylation sites (tertiary alicyclic amines) is 1. The average molecular weight is 490 g/mol. The van der Waals surface area contributed by atoms with E-state index in [1.807, 2.05) is 37.6 Å². The van der Waals surface area contributed by atoms with E-state index in [4.69, 9.17) is 4.84 Å². The Morgan fingerprint density at radius 1 is 1.08 bits per heavy atom. The second-order valence-electron chi connectivity index (χ2n) is 9.18. The maximum Gasteiger partial charge on any atom is 0.159 e. The van der Waals surface area contributed by atoms with Crippen LogP contribution in [0, 0.1) is 11.6 Å². The van der Waals surface area contributed by atoms with Crippen molar-refractivity contribution in [1.82, 2.24) is 19.4 Å². The topological polar surface area (TPSA) is 55.5 Å². The zero-order valence-electron chi connectivity index (χ0n) is 20.5. The van der Waals surface area contributed by atoms with Crippen molar-refractivity contribution in [2.75, 3.05) is 19.7 Å². The predicted molar refractivity (Wildman–Crippen MR) is 136 cm³/mol. The molecular formula is C28H29F2N5O. The van der Waals surface area contributed by atoms with Crippen molar-refractivity contribution in [2.24, 2.45) is 12.2 Å². The molecule has 0 spiro atoms. The summed E-state index contributed by atoms with van der Waals surface area (Å²) in [5.74, 6) is -1.29. The van der Waals surface area contributed by atoms with E-state index < -0.39 is 11.6 Å². The molecule has 0 radical (unpaired) electrons. The lowest BCUT2D eigenvalue weighted by Crippen LogP contribution is -2.32. The fourth-order valence-electron chi connectivity index (χ4n) is 4.92. The smallest absolute Gasteiger partial charge is 0.159 e. The van der Waals surface area contributed by atoms with Crippen molar-refractivity contribution in [3.63, 3.8) is 0 Å². The molecule has 0 unspecified atom stereocenters. The summed E-state index contributed by atoms with van der Waals surface area (Å²) in [6, 6.07) is 9.65. The van der Waals surface area contributed by atoms with Crippen LogP contribution in [0.25, 0.3) is 10.9 Å². The van der Waals surface area contributed by atoms with Crippen molar-refractivity contribution in [3.8, 4) is 0 Å². The number of aryl methyl sites for hydroxylation is 1. The molecule has 1 aromatic carbocycles. The van der Waals surface area contributed by atoms with Gasteiger partial charge in [-0.15, -0.1) is 0 Å². The monoisotopic (exact) mass is 489 g/mol. The molecule has 0 N–H and O–H groups in total. The first-order valence-corrected chi connectivity index (χ1v) is 12.3. The van der Waals surface area contributed by atoms with E-state index in [-0.39, 0.29) is 0 Å². The lowest BCUT2D eigenvalue weighted by molar-refractivity contribution is 0.159. The van der Waals surface area contributed by atoms with Crippen molar-refractivity contribution in [3.05, 3.63) is 95.2 Å². The van der Waals surface area contributed by atoms with Crippen molar-refractivity contribution in [2.45, 2.75) is 32.2 Å². The van der Waals surface area contributed by atoms with Gasteiger partial charge in [-0.1, -0.05) is 11.2 Å². The highest BCUT2D eigenvalue weighted by Crippen LogP contribution is 2.34. The summed E-state index contributed by atoms with van der Waals surface area (Å²) in [5.41, 5.74) is 5.01. The molecule has 6 nitrogen and oxygen atoms in total. The maximum absolute atomic E-state index is 13.8. The zero-order chi connectivity index (χ0) is 25.1. The SMILES string of the molecule is CCON=C(c1ccc(F)c(F)c1)c1ccc(CN2CCC(c3cn(C)c4cnccc34)CC2)cn1. The Morgan fingerprint density at radius 3 is 2.64 bits per heavy atom. The van der Waals surface area contributed by atoms with Crippen LogP contribution >= 0.6 is 0 Å². The molecule has 1 saturated heterocycles. The summed E-state index contributed by atoms with van der Waals surface area (Å²) < 4.78 is 29.4. The molecule has 0 saturated carbocycles. The van der Waals surface area contributed by atoms with Gasteiger partial charge in [0.05, 0.1) is 17.4 Å². The summed E-state index contributed by atoms with van der Waals surface area (Å²) in [4.78, 5) is 16.5. The van der Waals surface area contributed by atoms with Crippen molar-refractivity contribution < 1.29 is 13.6 Å². The van der Waals surface area contributed by atoms with E-state index in [9.17, 15) is 8.78 Å². The number of oxime groups is 1. The van der Waals surface area contributed by atoms with Gasteiger partial charge in [0.1, 0.15) is 12.3 Å². The number of pyridine rings is 2. The van der Waals surface area contributed by atoms with Gasteiger partial charge < -0.3 is 9.40 Å². The molecule has 1 fully saturated rings. The van der Waals surface area contributed by atoms with Crippen LogP contribution in [0.4, 0.5) is 8.78 Å². The van der Waals surface area contributed by atoms with Crippen LogP contribution in [0.2, 0.25) is 0 Å². The fraction of sp³-hybridized carbons (Fsp3) is 0.321. The number of hydrogen-bond donors (Lipinski definition) is 0. The molecule has 8 heteroatoms. The summed E-state index contributed by atoms with van der Waals surface area (Å²) in [5, 5.41) is 5.41. The fourth-order valence-corrected chi connectivity index (χ4v) is 4.92. The van der Waals surface area contributed by atoms with E-state index in [0.717, 1.165) is 50.2 Å². The first-order chi connectivity index (χ1) is 17.5. The van der Waals surface area contributed by atoms with E-state index in [1.165, 1.54) is 22.5 Å². The van der Waals surface area contributed by atoms with Gasteiger partial charge in [0.15, 0.2) is 11.6 Å². The van der Waals surface area contributed by atoms with Crippen LogP contribution in [0.1, 0.15) is 48.1 Å². The van der Waals surface area contributed by atoms with E-state index >= 15 is 0 Å². The van der Waals surface area contributed by atoms with E-state index in [1.54, 1.807) is 0 Å². The quantitative estimate of drug-likeness (QED) is 0.257. The number of fused-ring (bicyclic) bond motifs is 1. The lowest BCUT2D eigenvalue weighted by atomic mass is 9.89. The second-order valence-corrected chi connectivity index (χ2v) is 9.18. The van der Waals surface area contributed by atoms with Gasteiger partial charge in [0.25, 0.3) is 0 Å². The van der Waals surface area contributed by atoms with Crippen LogP contribution in [-0.2, 0) is 18.4 Å². The van der Waals surface area contributed by atoms with E-state index in [2.05, 4.69) is 43.9 Å². The van der Waals surface area contributed by atoms with Crippen LogP contribution in [-0.4, -0.2) is 44.8 Å². The molecule has 4 aromatic rings. The van der Waals surface area contributed by atoms with Gasteiger partial charge in [-0.3, -0.25) is 14.9 Å². The highest BCUT2D eigenvalue weighted by molar-refractivity contribution is 6.11. The Kier molecular flexibility index (Phi) is 7.04. The van der Waals surface area contributed by atoms with Gasteiger partial charge in [0.2, 0.25) is 0 Å².